The van der Waals surface area contributed by atoms with E-state index in [9.17, 15) is 9.90 Å². The molecule has 128 valence electrons. The van der Waals surface area contributed by atoms with Gasteiger partial charge in [-0.25, -0.2) is 0 Å². The van der Waals surface area contributed by atoms with Crippen LogP contribution in [0, 0.1) is 0 Å². The summed E-state index contributed by atoms with van der Waals surface area (Å²) in [6.07, 6.45) is 4.95. The van der Waals surface area contributed by atoms with Crippen LogP contribution in [0.1, 0.15) is 48.0 Å². The third-order valence-corrected chi connectivity index (χ3v) is 3.82. The Hall–Kier alpha value is -2.33. The van der Waals surface area contributed by atoms with E-state index in [2.05, 4.69) is 0 Å². The molecular formula is C20H24O4. The summed E-state index contributed by atoms with van der Waals surface area (Å²) < 4.78 is 5.61. The van der Waals surface area contributed by atoms with Gasteiger partial charge in [-0.15, -0.1) is 0 Å². The molecule has 2 aromatic carbocycles. The SMILES string of the molecule is O=C(c1ccccc1)c1ccc(OCCCCCCCO)cc1O. The highest BCUT2D eigenvalue weighted by molar-refractivity contribution is 6.10. The summed E-state index contributed by atoms with van der Waals surface area (Å²) in [5.74, 6) is 0.292. The lowest BCUT2D eigenvalue weighted by Gasteiger charge is -2.09. The van der Waals surface area contributed by atoms with Crippen LogP contribution < -0.4 is 4.74 Å². The molecule has 0 saturated carbocycles. The molecule has 2 N–H and O–H groups in total. The van der Waals surface area contributed by atoms with Gasteiger partial charge in [0.05, 0.1) is 12.2 Å². The van der Waals surface area contributed by atoms with Crippen LogP contribution in [0.15, 0.2) is 48.5 Å². The number of ether oxygens (including phenoxy) is 1. The topological polar surface area (TPSA) is 66.8 Å². The maximum Gasteiger partial charge on any atom is 0.196 e. The third kappa shape index (κ3) is 5.39. The molecule has 0 aliphatic rings. The van der Waals surface area contributed by atoms with Crippen molar-refractivity contribution in [2.75, 3.05) is 13.2 Å². The molecule has 24 heavy (non-hydrogen) atoms. The Kier molecular flexibility index (Phi) is 7.30. The first-order valence-corrected chi connectivity index (χ1v) is 8.39. The fourth-order valence-corrected chi connectivity index (χ4v) is 2.47. The van der Waals surface area contributed by atoms with Crippen LogP contribution >= 0.6 is 0 Å². The molecule has 0 atom stereocenters. The zero-order valence-electron chi connectivity index (χ0n) is 13.8. The Morgan fingerprint density at radius 1 is 0.917 bits per heavy atom. The molecule has 2 rings (SSSR count). The number of benzene rings is 2. The van der Waals surface area contributed by atoms with Crippen LogP contribution in [0.2, 0.25) is 0 Å². The van der Waals surface area contributed by atoms with E-state index in [-0.39, 0.29) is 23.7 Å². The largest absolute Gasteiger partial charge is 0.507 e. The fourth-order valence-electron chi connectivity index (χ4n) is 2.47. The third-order valence-electron chi connectivity index (χ3n) is 3.82. The van der Waals surface area contributed by atoms with Crippen LogP contribution in [0.3, 0.4) is 0 Å². The number of phenolic OH excluding ortho intramolecular Hbond substituents is 1. The zero-order valence-corrected chi connectivity index (χ0v) is 13.8. The number of rotatable bonds is 10. The fraction of sp³-hybridized carbons (Fsp3) is 0.350. The summed E-state index contributed by atoms with van der Waals surface area (Å²) in [6.45, 7) is 0.828. The minimum atomic E-state index is -0.205. The molecule has 0 aromatic heterocycles. The van der Waals surface area contributed by atoms with Gasteiger partial charge in [-0.05, 0) is 25.0 Å². The Bertz CT molecular complexity index is 637. The second-order valence-corrected chi connectivity index (χ2v) is 5.71. The van der Waals surface area contributed by atoms with Gasteiger partial charge in [0.25, 0.3) is 0 Å². The van der Waals surface area contributed by atoms with Gasteiger partial charge in [-0.1, -0.05) is 49.6 Å². The number of aliphatic hydroxyl groups is 1. The number of carbonyl (C=O) groups is 1. The van der Waals surface area contributed by atoms with Crippen molar-refractivity contribution < 1.29 is 19.7 Å². The van der Waals surface area contributed by atoms with E-state index >= 15 is 0 Å². The van der Waals surface area contributed by atoms with Crippen LogP contribution in [0.5, 0.6) is 11.5 Å². The van der Waals surface area contributed by atoms with E-state index in [4.69, 9.17) is 9.84 Å². The number of ketones is 1. The van der Waals surface area contributed by atoms with Crippen molar-refractivity contribution in [1.82, 2.24) is 0 Å². The van der Waals surface area contributed by atoms with Gasteiger partial charge in [0.1, 0.15) is 11.5 Å². The standard InChI is InChI=1S/C20H24O4/c21-13-7-2-1-3-8-14-24-17-11-12-18(19(22)15-17)20(23)16-9-5-4-6-10-16/h4-6,9-12,15,21-22H,1-3,7-8,13-14H2. The Balaban J connectivity index is 1.85. The second kappa shape index (κ2) is 9.73. The van der Waals surface area contributed by atoms with E-state index in [0.717, 1.165) is 32.1 Å². The average Bonchev–Trinajstić information content (AvgIpc) is 2.61. The summed E-state index contributed by atoms with van der Waals surface area (Å²) in [7, 11) is 0. The lowest BCUT2D eigenvalue weighted by molar-refractivity contribution is 0.103. The van der Waals surface area contributed by atoms with E-state index in [0.29, 0.717) is 17.9 Å². The van der Waals surface area contributed by atoms with Crippen molar-refractivity contribution >= 4 is 5.78 Å². The van der Waals surface area contributed by atoms with Gasteiger partial charge in [0.15, 0.2) is 5.78 Å². The van der Waals surface area contributed by atoms with Gasteiger partial charge in [-0.3, -0.25) is 4.79 Å². The predicted molar refractivity (Wildman–Crippen MR) is 93.6 cm³/mol. The Morgan fingerprint density at radius 2 is 1.62 bits per heavy atom. The first-order chi connectivity index (χ1) is 11.7. The molecule has 0 amide bonds. The maximum atomic E-state index is 12.3. The van der Waals surface area contributed by atoms with E-state index in [1.54, 1.807) is 36.4 Å². The Labute approximate surface area is 142 Å². The molecule has 4 nitrogen and oxygen atoms in total. The Morgan fingerprint density at radius 3 is 2.33 bits per heavy atom. The number of unbranched alkanes of at least 4 members (excludes halogenated alkanes) is 4. The molecule has 0 spiro atoms. The highest BCUT2D eigenvalue weighted by atomic mass is 16.5. The maximum absolute atomic E-state index is 12.3. The van der Waals surface area contributed by atoms with Gasteiger partial charge in [-0.2, -0.15) is 0 Å². The summed E-state index contributed by atoms with van der Waals surface area (Å²) >= 11 is 0. The summed E-state index contributed by atoms with van der Waals surface area (Å²) in [5, 5.41) is 18.8. The monoisotopic (exact) mass is 328 g/mol. The zero-order chi connectivity index (χ0) is 17.2. The van der Waals surface area contributed by atoms with Crippen molar-refractivity contribution in [3.8, 4) is 11.5 Å². The minimum Gasteiger partial charge on any atom is -0.507 e. The normalized spacial score (nSPS) is 10.5. The number of phenols is 1. The number of hydrogen-bond donors (Lipinski definition) is 2. The molecule has 0 heterocycles. The second-order valence-electron chi connectivity index (χ2n) is 5.71. The van der Waals surface area contributed by atoms with Crippen molar-refractivity contribution in [2.24, 2.45) is 0 Å². The molecule has 0 unspecified atom stereocenters. The molecule has 0 saturated heterocycles. The molecule has 2 aromatic rings. The highest BCUT2D eigenvalue weighted by Crippen LogP contribution is 2.26. The van der Waals surface area contributed by atoms with Gasteiger partial charge in [0.2, 0.25) is 0 Å². The number of aliphatic hydroxyl groups excluding tert-OH is 1. The van der Waals surface area contributed by atoms with Crippen molar-refractivity contribution in [1.29, 1.82) is 0 Å². The van der Waals surface area contributed by atoms with Crippen molar-refractivity contribution in [3.05, 3.63) is 59.7 Å². The smallest absolute Gasteiger partial charge is 0.196 e. The molecule has 0 radical (unpaired) electrons. The average molecular weight is 328 g/mol. The minimum absolute atomic E-state index is 0.0655. The number of hydrogen-bond acceptors (Lipinski definition) is 4. The summed E-state index contributed by atoms with van der Waals surface area (Å²) in [4.78, 5) is 12.3. The van der Waals surface area contributed by atoms with Crippen LogP contribution in [0.25, 0.3) is 0 Å². The van der Waals surface area contributed by atoms with Gasteiger partial charge >= 0.3 is 0 Å². The van der Waals surface area contributed by atoms with E-state index < -0.39 is 0 Å². The molecule has 0 bridgehead atoms. The van der Waals surface area contributed by atoms with E-state index in [1.165, 1.54) is 6.07 Å². The number of aromatic hydroxyl groups is 1. The van der Waals surface area contributed by atoms with Crippen LogP contribution in [-0.2, 0) is 0 Å². The quantitative estimate of drug-likeness (QED) is 0.512. The van der Waals surface area contributed by atoms with Gasteiger partial charge in [0, 0.05) is 18.2 Å². The van der Waals surface area contributed by atoms with E-state index in [1.807, 2.05) is 6.07 Å². The lowest BCUT2D eigenvalue weighted by atomic mass is 10.0. The first-order valence-electron chi connectivity index (χ1n) is 8.39. The predicted octanol–water partition coefficient (Wildman–Crippen LogP) is 3.94. The first kappa shape index (κ1) is 18.0. The van der Waals surface area contributed by atoms with Gasteiger partial charge < -0.3 is 14.9 Å². The summed E-state index contributed by atoms with van der Waals surface area (Å²) in [6, 6.07) is 13.7. The summed E-state index contributed by atoms with van der Waals surface area (Å²) in [5.41, 5.74) is 0.821. The van der Waals surface area contributed by atoms with Crippen molar-refractivity contribution in [3.63, 3.8) is 0 Å². The highest BCUT2D eigenvalue weighted by Gasteiger charge is 2.13. The molecule has 4 heteroatoms. The lowest BCUT2D eigenvalue weighted by Crippen LogP contribution is -2.02. The number of carbonyl (C=O) groups excluding carboxylic acids is 1. The molecule has 0 fully saturated rings. The van der Waals surface area contributed by atoms with Crippen LogP contribution in [-0.4, -0.2) is 29.2 Å². The molecular weight excluding hydrogens is 304 g/mol. The van der Waals surface area contributed by atoms with Crippen LogP contribution in [0.4, 0.5) is 0 Å². The molecule has 0 aliphatic heterocycles. The molecule has 0 aliphatic carbocycles. The van der Waals surface area contributed by atoms with Crippen molar-refractivity contribution in [2.45, 2.75) is 32.1 Å².